The first-order valence-corrected chi connectivity index (χ1v) is 4.29. The van der Waals surface area contributed by atoms with Gasteiger partial charge in [0.05, 0.1) is 5.56 Å². The molecule has 0 bridgehead atoms. The zero-order chi connectivity index (χ0) is 10.6. The molecular weight excluding hydrogens is 178 g/mol. The molecule has 0 fully saturated rings. The molecular formula is C11H11NO2. The minimum absolute atomic E-state index is 0.467. The van der Waals surface area contributed by atoms with Crippen LogP contribution in [0.5, 0.6) is 5.75 Å². The van der Waals surface area contributed by atoms with E-state index in [1.54, 1.807) is 19.1 Å². The van der Waals surface area contributed by atoms with Gasteiger partial charge in [-0.15, -0.1) is 0 Å². The van der Waals surface area contributed by atoms with Gasteiger partial charge in [-0.05, 0) is 31.5 Å². The van der Waals surface area contributed by atoms with Crippen molar-refractivity contribution in [1.82, 2.24) is 0 Å². The summed E-state index contributed by atoms with van der Waals surface area (Å²) in [4.78, 5) is 10.6. The van der Waals surface area contributed by atoms with E-state index < -0.39 is 6.10 Å². The van der Waals surface area contributed by atoms with Crippen molar-refractivity contribution < 1.29 is 9.53 Å². The first-order valence-electron chi connectivity index (χ1n) is 4.29. The summed E-state index contributed by atoms with van der Waals surface area (Å²) in [5.74, 6) is 0.467. The van der Waals surface area contributed by atoms with Crippen LogP contribution >= 0.6 is 0 Å². The van der Waals surface area contributed by atoms with Crippen molar-refractivity contribution in [2.75, 3.05) is 0 Å². The molecule has 0 aliphatic rings. The number of benzene rings is 1. The maximum atomic E-state index is 10.6. The molecule has 72 valence electrons. The quantitative estimate of drug-likeness (QED) is 0.684. The lowest BCUT2D eigenvalue weighted by Gasteiger charge is -2.10. The number of nitriles is 1. The fourth-order valence-corrected chi connectivity index (χ4v) is 1.06. The van der Waals surface area contributed by atoms with Crippen LogP contribution in [0, 0.1) is 18.3 Å². The van der Waals surface area contributed by atoms with Crippen LogP contribution in [0.25, 0.3) is 0 Å². The highest BCUT2D eigenvalue weighted by atomic mass is 16.5. The maximum absolute atomic E-state index is 10.6. The van der Waals surface area contributed by atoms with E-state index in [4.69, 9.17) is 10.00 Å². The number of aldehydes is 1. The van der Waals surface area contributed by atoms with Gasteiger partial charge in [-0.25, -0.2) is 0 Å². The average Bonchev–Trinajstić information content (AvgIpc) is 2.18. The molecule has 1 unspecified atom stereocenters. The Hall–Kier alpha value is -1.82. The second-order valence-electron chi connectivity index (χ2n) is 3.05. The molecule has 14 heavy (non-hydrogen) atoms. The maximum Gasteiger partial charge on any atom is 0.181 e. The molecule has 0 N–H and O–H groups in total. The number of aryl methyl sites for hydroxylation is 1. The zero-order valence-corrected chi connectivity index (χ0v) is 8.15. The van der Waals surface area contributed by atoms with Crippen LogP contribution in [-0.4, -0.2) is 12.4 Å². The van der Waals surface area contributed by atoms with Crippen molar-refractivity contribution >= 4 is 6.29 Å². The van der Waals surface area contributed by atoms with Crippen molar-refractivity contribution in [2.45, 2.75) is 20.0 Å². The number of ether oxygens (including phenoxy) is 1. The van der Waals surface area contributed by atoms with Gasteiger partial charge in [0.25, 0.3) is 0 Å². The van der Waals surface area contributed by atoms with E-state index in [0.717, 1.165) is 11.8 Å². The van der Waals surface area contributed by atoms with Crippen molar-refractivity contribution in [3.05, 3.63) is 29.3 Å². The molecule has 0 spiro atoms. The molecule has 0 saturated carbocycles. The van der Waals surface area contributed by atoms with Crippen LogP contribution in [0.4, 0.5) is 0 Å². The average molecular weight is 189 g/mol. The Bertz CT molecular complexity index is 379. The number of hydrogen-bond acceptors (Lipinski definition) is 3. The van der Waals surface area contributed by atoms with Gasteiger partial charge in [0.2, 0.25) is 0 Å². The first kappa shape index (κ1) is 10.3. The molecule has 1 aromatic carbocycles. The molecule has 0 aromatic heterocycles. The summed E-state index contributed by atoms with van der Waals surface area (Å²) >= 11 is 0. The highest BCUT2D eigenvalue weighted by Crippen LogP contribution is 2.19. The number of nitrogens with zero attached hydrogens (tertiary/aromatic N) is 1. The number of carbonyl (C=O) groups is 1. The molecule has 1 rings (SSSR count). The van der Waals surface area contributed by atoms with Gasteiger partial charge in [-0.2, -0.15) is 5.26 Å². The number of rotatable bonds is 3. The lowest BCUT2D eigenvalue weighted by molar-refractivity contribution is 0.111. The molecule has 0 saturated heterocycles. The monoisotopic (exact) mass is 189 g/mol. The van der Waals surface area contributed by atoms with E-state index >= 15 is 0 Å². The Kier molecular flexibility index (Phi) is 3.24. The van der Waals surface area contributed by atoms with E-state index in [-0.39, 0.29) is 0 Å². The summed E-state index contributed by atoms with van der Waals surface area (Å²) in [7, 11) is 0. The topological polar surface area (TPSA) is 50.1 Å². The smallest absolute Gasteiger partial charge is 0.181 e. The van der Waals surface area contributed by atoms with Gasteiger partial charge in [-0.3, -0.25) is 4.79 Å². The Balaban J connectivity index is 3.00. The van der Waals surface area contributed by atoms with E-state index in [9.17, 15) is 4.79 Å². The molecule has 3 heteroatoms. The Labute approximate surface area is 82.9 Å². The Morgan fingerprint density at radius 2 is 2.29 bits per heavy atom. The summed E-state index contributed by atoms with van der Waals surface area (Å²) in [6.45, 7) is 3.54. The number of hydrogen-bond donors (Lipinski definition) is 0. The highest BCUT2D eigenvalue weighted by Gasteiger charge is 2.06. The number of carbonyl (C=O) groups excluding carboxylic acids is 1. The Morgan fingerprint density at radius 3 is 2.86 bits per heavy atom. The first-order chi connectivity index (χ1) is 6.67. The SMILES string of the molecule is Cc1ccc(C=O)c(OC(C)C#N)c1. The predicted molar refractivity (Wildman–Crippen MR) is 52.3 cm³/mol. The van der Waals surface area contributed by atoms with Gasteiger partial charge >= 0.3 is 0 Å². The normalized spacial score (nSPS) is 11.5. The molecule has 0 radical (unpaired) electrons. The summed E-state index contributed by atoms with van der Waals surface area (Å²) < 4.78 is 5.27. The lowest BCUT2D eigenvalue weighted by atomic mass is 10.1. The minimum Gasteiger partial charge on any atom is -0.475 e. The lowest BCUT2D eigenvalue weighted by Crippen LogP contribution is -2.09. The molecule has 0 amide bonds. The summed E-state index contributed by atoms with van der Waals surface area (Å²) in [5, 5.41) is 8.57. The fraction of sp³-hybridized carbons (Fsp3) is 0.273. The third kappa shape index (κ3) is 2.33. The van der Waals surface area contributed by atoms with E-state index in [1.807, 2.05) is 19.1 Å². The van der Waals surface area contributed by atoms with E-state index in [0.29, 0.717) is 11.3 Å². The second kappa shape index (κ2) is 4.43. The predicted octanol–water partition coefficient (Wildman–Crippen LogP) is 2.10. The highest BCUT2D eigenvalue weighted by molar-refractivity contribution is 5.79. The van der Waals surface area contributed by atoms with Gasteiger partial charge < -0.3 is 4.74 Å². The van der Waals surface area contributed by atoms with Gasteiger partial charge in [0.1, 0.15) is 11.8 Å². The minimum atomic E-state index is -0.546. The van der Waals surface area contributed by atoms with Gasteiger partial charge in [0.15, 0.2) is 12.4 Å². The second-order valence-corrected chi connectivity index (χ2v) is 3.05. The van der Waals surface area contributed by atoms with Crippen molar-refractivity contribution in [1.29, 1.82) is 5.26 Å². The summed E-state index contributed by atoms with van der Waals surface area (Å²) in [6, 6.07) is 7.20. The van der Waals surface area contributed by atoms with E-state index in [1.165, 1.54) is 0 Å². The molecule has 0 heterocycles. The standard InChI is InChI=1S/C11H11NO2/c1-8-3-4-10(7-13)11(5-8)14-9(2)6-12/h3-5,7,9H,1-2H3. The molecule has 3 nitrogen and oxygen atoms in total. The van der Waals surface area contributed by atoms with E-state index in [2.05, 4.69) is 0 Å². The van der Waals surface area contributed by atoms with Crippen LogP contribution in [0.3, 0.4) is 0 Å². The largest absolute Gasteiger partial charge is 0.475 e. The van der Waals surface area contributed by atoms with Crippen LogP contribution in [0.2, 0.25) is 0 Å². The molecule has 0 aliphatic heterocycles. The third-order valence-corrected chi connectivity index (χ3v) is 1.78. The van der Waals surface area contributed by atoms with Crippen LogP contribution < -0.4 is 4.74 Å². The molecule has 1 aromatic rings. The molecule has 0 aliphatic carbocycles. The third-order valence-electron chi connectivity index (χ3n) is 1.78. The van der Waals surface area contributed by atoms with Gasteiger partial charge in [-0.1, -0.05) is 6.07 Å². The van der Waals surface area contributed by atoms with Crippen LogP contribution in [0.15, 0.2) is 18.2 Å². The summed E-state index contributed by atoms with van der Waals surface area (Å²) in [6.07, 6.45) is 0.175. The summed E-state index contributed by atoms with van der Waals surface area (Å²) in [5.41, 5.74) is 1.47. The molecule has 1 atom stereocenters. The van der Waals surface area contributed by atoms with Crippen LogP contribution in [0.1, 0.15) is 22.8 Å². The fourth-order valence-electron chi connectivity index (χ4n) is 1.06. The van der Waals surface area contributed by atoms with Crippen molar-refractivity contribution in [3.8, 4) is 11.8 Å². The zero-order valence-electron chi connectivity index (χ0n) is 8.15. The Morgan fingerprint density at radius 1 is 1.57 bits per heavy atom. The van der Waals surface area contributed by atoms with Crippen LogP contribution in [-0.2, 0) is 0 Å². The van der Waals surface area contributed by atoms with Crippen molar-refractivity contribution in [3.63, 3.8) is 0 Å². The van der Waals surface area contributed by atoms with Crippen molar-refractivity contribution in [2.24, 2.45) is 0 Å². The van der Waals surface area contributed by atoms with Gasteiger partial charge in [0, 0.05) is 0 Å².